The maximum atomic E-state index is 13.3. The van der Waals surface area contributed by atoms with E-state index in [-0.39, 0.29) is 5.82 Å². The summed E-state index contributed by atoms with van der Waals surface area (Å²) in [5.41, 5.74) is 1.68. The smallest absolute Gasteiger partial charge is 0.193 e. The van der Waals surface area contributed by atoms with Crippen molar-refractivity contribution in [3.8, 4) is 0 Å². The molecule has 0 unspecified atom stereocenters. The van der Waals surface area contributed by atoms with Crippen LogP contribution in [0.5, 0.6) is 0 Å². The van der Waals surface area contributed by atoms with Gasteiger partial charge >= 0.3 is 0 Å². The molecule has 1 aromatic carbocycles. The minimum Gasteiger partial charge on any atom is -0.379 e. The lowest BCUT2D eigenvalue weighted by Crippen LogP contribution is -2.00. The highest BCUT2D eigenvalue weighted by atomic mass is 79.9. The van der Waals surface area contributed by atoms with Gasteiger partial charge in [-0.25, -0.2) is 9.37 Å². The Bertz CT molecular complexity index is 663. The van der Waals surface area contributed by atoms with E-state index in [2.05, 4.69) is 26.2 Å². The first-order valence-electron chi connectivity index (χ1n) is 5.32. The van der Waals surface area contributed by atoms with E-state index in [0.29, 0.717) is 11.0 Å². The molecule has 0 amide bonds. The summed E-state index contributed by atoms with van der Waals surface area (Å²) in [5, 5.41) is 5.14. The van der Waals surface area contributed by atoms with E-state index in [1.165, 1.54) is 6.07 Å². The zero-order chi connectivity index (χ0) is 12.5. The zero-order valence-electron chi connectivity index (χ0n) is 9.23. The van der Waals surface area contributed by atoms with Gasteiger partial charge in [0.05, 0.1) is 16.7 Å². The minimum atomic E-state index is -0.272. The number of nitrogens with one attached hydrogen (secondary N) is 1. The first kappa shape index (κ1) is 11.7. The van der Waals surface area contributed by atoms with Gasteiger partial charge in [-0.05, 0) is 34.1 Å². The van der Waals surface area contributed by atoms with Gasteiger partial charge in [-0.2, -0.15) is 0 Å². The summed E-state index contributed by atoms with van der Waals surface area (Å²) in [6.45, 7) is 0.579. The predicted octanol–water partition coefficient (Wildman–Crippen LogP) is 3.91. The molecule has 92 valence electrons. The average Bonchev–Trinajstić information content (AvgIpc) is 2.91. The van der Waals surface area contributed by atoms with Crippen LogP contribution in [0.3, 0.4) is 0 Å². The molecule has 1 N–H and O–H groups in total. The predicted molar refractivity (Wildman–Crippen MR) is 74.5 cm³/mol. The third-order valence-corrected chi connectivity index (χ3v) is 3.95. The van der Waals surface area contributed by atoms with Crippen molar-refractivity contribution in [2.24, 2.45) is 0 Å². The quantitative estimate of drug-likeness (QED) is 0.791. The fourth-order valence-electron chi connectivity index (χ4n) is 1.66. The first-order valence-corrected chi connectivity index (χ1v) is 6.99. The van der Waals surface area contributed by atoms with Gasteiger partial charge in [0.15, 0.2) is 4.96 Å². The molecule has 6 heteroatoms. The van der Waals surface area contributed by atoms with Crippen LogP contribution < -0.4 is 5.32 Å². The lowest BCUT2D eigenvalue weighted by Gasteiger charge is -2.04. The fraction of sp³-hybridized carbons (Fsp3) is 0.0833. The molecule has 0 spiro atoms. The Morgan fingerprint density at radius 1 is 1.44 bits per heavy atom. The second kappa shape index (κ2) is 4.70. The highest BCUT2D eigenvalue weighted by Crippen LogP contribution is 2.20. The molecule has 0 saturated carbocycles. The van der Waals surface area contributed by atoms with E-state index in [0.717, 1.165) is 16.3 Å². The summed E-state index contributed by atoms with van der Waals surface area (Å²) in [5.74, 6) is -0.272. The third-order valence-electron chi connectivity index (χ3n) is 2.54. The highest BCUT2D eigenvalue weighted by Gasteiger charge is 2.04. The second-order valence-electron chi connectivity index (χ2n) is 3.81. The molecule has 0 saturated heterocycles. The molecular formula is C12H9BrFN3S. The summed E-state index contributed by atoms with van der Waals surface area (Å²) in [6.07, 6.45) is 3.93. The van der Waals surface area contributed by atoms with Crippen molar-refractivity contribution in [2.75, 3.05) is 5.32 Å². The number of fused-ring (bicyclic) bond motifs is 1. The Hall–Kier alpha value is -1.40. The van der Waals surface area contributed by atoms with Gasteiger partial charge in [0.25, 0.3) is 0 Å². The molecule has 0 aliphatic carbocycles. The van der Waals surface area contributed by atoms with Crippen molar-refractivity contribution in [1.82, 2.24) is 9.38 Å². The number of aromatic nitrogens is 2. The number of anilines is 1. The monoisotopic (exact) mass is 325 g/mol. The second-order valence-corrected chi connectivity index (χ2v) is 5.53. The normalized spacial score (nSPS) is 11.0. The van der Waals surface area contributed by atoms with Crippen molar-refractivity contribution in [1.29, 1.82) is 0 Å². The summed E-state index contributed by atoms with van der Waals surface area (Å²) < 4.78 is 15.8. The third kappa shape index (κ3) is 2.26. The highest BCUT2D eigenvalue weighted by molar-refractivity contribution is 9.10. The fourth-order valence-corrected chi connectivity index (χ4v) is 2.63. The van der Waals surface area contributed by atoms with Crippen LogP contribution >= 0.6 is 27.3 Å². The summed E-state index contributed by atoms with van der Waals surface area (Å²) in [6, 6.07) is 4.97. The lowest BCUT2D eigenvalue weighted by molar-refractivity contribution is 0.621. The van der Waals surface area contributed by atoms with E-state index in [1.807, 2.05) is 28.2 Å². The van der Waals surface area contributed by atoms with Crippen molar-refractivity contribution in [2.45, 2.75) is 6.54 Å². The Balaban J connectivity index is 1.73. The molecule has 0 aliphatic rings. The number of benzene rings is 1. The van der Waals surface area contributed by atoms with Crippen molar-refractivity contribution < 1.29 is 4.39 Å². The van der Waals surface area contributed by atoms with Gasteiger partial charge in [-0.15, -0.1) is 11.3 Å². The van der Waals surface area contributed by atoms with Gasteiger partial charge in [0.2, 0.25) is 0 Å². The van der Waals surface area contributed by atoms with E-state index in [9.17, 15) is 4.39 Å². The minimum absolute atomic E-state index is 0.272. The zero-order valence-corrected chi connectivity index (χ0v) is 11.6. The van der Waals surface area contributed by atoms with Gasteiger partial charge in [-0.1, -0.05) is 0 Å². The van der Waals surface area contributed by atoms with Gasteiger partial charge < -0.3 is 5.32 Å². The number of thiazole rings is 1. The molecule has 3 nitrogen and oxygen atoms in total. The molecule has 0 aliphatic heterocycles. The van der Waals surface area contributed by atoms with Gasteiger partial charge in [0.1, 0.15) is 5.82 Å². The van der Waals surface area contributed by atoms with Gasteiger partial charge in [0, 0.05) is 23.5 Å². The first-order chi connectivity index (χ1) is 8.72. The molecular weight excluding hydrogens is 317 g/mol. The number of imidazole rings is 1. The number of nitrogens with zero attached hydrogens (tertiary/aromatic N) is 2. The number of hydrogen-bond donors (Lipinski definition) is 1. The topological polar surface area (TPSA) is 29.3 Å². The van der Waals surface area contributed by atoms with Crippen molar-refractivity contribution in [3.63, 3.8) is 0 Å². The standard InChI is InChI=1S/C12H9BrFN3S/c13-10-2-1-8(5-11(10)14)15-6-9-7-17-3-4-18-12(17)16-9/h1-5,7,15H,6H2. The summed E-state index contributed by atoms with van der Waals surface area (Å²) in [4.78, 5) is 5.41. The van der Waals surface area contributed by atoms with Crippen molar-refractivity contribution >= 4 is 37.9 Å². The van der Waals surface area contributed by atoms with Crippen LogP contribution in [0.15, 0.2) is 40.4 Å². The number of rotatable bonds is 3. The number of halogens is 2. The SMILES string of the molecule is Fc1cc(NCc2cn3ccsc3n2)ccc1Br. The molecule has 0 atom stereocenters. The molecule has 0 bridgehead atoms. The molecule has 2 aromatic heterocycles. The van der Waals surface area contributed by atoms with Crippen LogP contribution in [0.4, 0.5) is 10.1 Å². The van der Waals surface area contributed by atoms with Crippen LogP contribution in [0.25, 0.3) is 4.96 Å². The van der Waals surface area contributed by atoms with Gasteiger partial charge in [-0.3, -0.25) is 4.40 Å². The number of hydrogen-bond acceptors (Lipinski definition) is 3. The van der Waals surface area contributed by atoms with Crippen LogP contribution in [-0.4, -0.2) is 9.38 Å². The van der Waals surface area contributed by atoms with Crippen LogP contribution in [0, 0.1) is 5.82 Å². The lowest BCUT2D eigenvalue weighted by atomic mass is 10.3. The van der Waals surface area contributed by atoms with E-state index in [4.69, 9.17) is 0 Å². The Morgan fingerprint density at radius 2 is 2.33 bits per heavy atom. The van der Waals surface area contributed by atoms with E-state index in [1.54, 1.807) is 17.4 Å². The molecule has 18 heavy (non-hydrogen) atoms. The Morgan fingerprint density at radius 3 is 3.11 bits per heavy atom. The van der Waals surface area contributed by atoms with Crippen molar-refractivity contribution in [3.05, 3.63) is 52.0 Å². The van der Waals surface area contributed by atoms with E-state index < -0.39 is 0 Å². The summed E-state index contributed by atoms with van der Waals surface area (Å²) >= 11 is 4.72. The molecule has 0 radical (unpaired) electrons. The van der Waals surface area contributed by atoms with Crippen LogP contribution in [-0.2, 0) is 6.54 Å². The van der Waals surface area contributed by atoms with Crippen LogP contribution in [0.1, 0.15) is 5.69 Å². The average molecular weight is 326 g/mol. The molecule has 3 aromatic rings. The summed E-state index contributed by atoms with van der Waals surface area (Å²) in [7, 11) is 0. The van der Waals surface area contributed by atoms with E-state index >= 15 is 0 Å². The molecule has 0 fully saturated rings. The van der Waals surface area contributed by atoms with Crippen LogP contribution in [0.2, 0.25) is 0 Å². The maximum absolute atomic E-state index is 13.3. The Kier molecular flexibility index (Phi) is 3.05. The maximum Gasteiger partial charge on any atom is 0.193 e. The Labute approximate surface area is 115 Å². The molecule has 3 rings (SSSR count). The largest absolute Gasteiger partial charge is 0.379 e. The molecule has 2 heterocycles.